The fourth-order valence-corrected chi connectivity index (χ4v) is 2.86. The molecule has 1 heterocycles. The van der Waals surface area contributed by atoms with Crippen molar-refractivity contribution in [3.63, 3.8) is 0 Å². The second-order valence-electron chi connectivity index (χ2n) is 5.87. The zero-order valence-corrected chi connectivity index (χ0v) is 14.0. The molecule has 0 atom stereocenters. The average Bonchev–Trinajstić information content (AvgIpc) is 2.59. The van der Waals surface area contributed by atoms with E-state index in [1.54, 1.807) is 24.3 Å². The van der Waals surface area contributed by atoms with Gasteiger partial charge in [-0.05, 0) is 49.2 Å². The van der Waals surface area contributed by atoms with Crippen molar-refractivity contribution in [1.29, 1.82) is 0 Å². The summed E-state index contributed by atoms with van der Waals surface area (Å²) in [6.07, 6.45) is 5.70. The third-order valence-electron chi connectivity index (χ3n) is 3.96. The van der Waals surface area contributed by atoms with Crippen molar-refractivity contribution >= 4 is 35.0 Å². The Balaban J connectivity index is 1.52. The summed E-state index contributed by atoms with van der Waals surface area (Å²) in [5.41, 5.74) is 0.865. The molecule has 0 radical (unpaired) electrons. The molecular weight excluding hydrogens is 326 g/mol. The number of nitrogens with zero attached hydrogens (tertiary/aromatic N) is 2. The highest BCUT2D eigenvalue weighted by atomic mass is 35.5. The van der Waals surface area contributed by atoms with E-state index >= 15 is 0 Å². The molecule has 1 aromatic heterocycles. The van der Waals surface area contributed by atoms with E-state index in [9.17, 15) is 4.79 Å². The van der Waals surface area contributed by atoms with E-state index in [1.807, 2.05) is 12.1 Å². The second-order valence-corrected chi connectivity index (χ2v) is 6.31. The van der Waals surface area contributed by atoms with Crippen molar-refractivity contribution in [3.05, 3.63) is 41.4 Å². The van der Waals surface area contributed by atoms with Crippen LogP contribution in [0.25, 0.3) is 0 Å². The van der Waals surface area contributed by atoms with Crippen LogP contribution < -0.4 is 16.0 Å². The van der Waals surface area contributed by atoms with Crippen LogP contribution in [0.5, 0.6) is 0 Å². The number of rotatable bonds is 4. The smallest absolute Gasteiger partial charge is 0.320 e. The van der Waals surface area contributed by atoms with Crippen molar-refractivity contribution < 1.29 is 4.79 Å². The Kier molecular flexibility index (Phi) is 5.48. The number of anilines is 3. The number of carbonyl (C=O) groups is 1. The summed E-state index contributed by atoms with van der Waals surface area (Å²) < 4.78 is 0. The first-order valence-corrected chi connectivity index (χ1v) is 8.51. The Morgan fingerprint density at radius 1 is 0.958 bits per heavy atom. The van der Waals surface area contributed by atoms with Crippen molar-refractivity contribution in [3.8, 4) is 0 Å². The van der Waals surface area contributed by atoms with Crippen LogP contribution in [0.3, 0.4) is 0 Å². The summed E-state index contributed by atoms with van der Waals surface area (Å²) in [7, 11) is 0. The minimum Gasteiger partial charge on any atom is -0.339 e. The summed E-state index contributed by atoms with van der Waals surface area (Å²) in [6, 6.07) is 10.8. The number of nitrogens with one attached hydrogen (secondary N) is 3. The summed E-state index contributed by atoms with van der Waals surface area (Å²) in [5.74, 6) is 1.01. The lowest BCUT2D eigenvalue weighted by atomic mass is 9.96. The molecule has 24 heavy (non-hydrogen) atoms. The highest BCUT2D eigenvalue weighted by molar-refractivity contribution is 6.30. The summed E-state index contributed by atoms with van der Waals surface area (Å²) in [5, 5.41) is 17.6. The van der Waals surface area contributed by atoms with Gasteiger partial charge in [0.15, 0.2) is 11.6 Å². The molecule has 3 N–H and O–H groups in total. The molecule has 1 aromatic carbocycles. The number of benzene rings is 1. The molecule has 1 saturated carbocycles. The van der Waals surface area contributed by atoms with E-state index in [1.165, 1.54) is 19.3 Å². The first kappa shape index (κ1) is 16.5. The standard InChI is InChI=1S/C17H20ClN5O/c18-12-6-8-14(9-7-12)19-15-10-11-16(23-22-15)21-17(24)20-13-4-2-1-3-5-13/h6-11,13H,1-5H2,(H,19,22)(H2,20,21,23,24). The minimum absolute atomic E-state index is 0.227. The van der Waals surface area contributed by atoms with Crippen molar-refractivity contribution in [2.24, 2.45) is 0 Å². The van der Waals surface area contributed by atoms with Crippen molar-refractivity contribution in [2.75, 3.05) is 10.6 Å². The van der Waals surface area contributed by atoms with Gasteiger partial charge < -0.3 is 10.6 Å². The molecule has 1 fully saturated rings. The number of hydrogen-bond acceptors (Lipinski definition) is 4. The number of hydrogen-bond donors (Lipinski definition) is 3. The molecule has 0 aliphatic heterocycles. The van der Waals surface area contributed by atoms with Crippen LogP contribution in [0.15, 0.2) is 36.4 Å². The lowest BCUT2D eigenvalue weighted by molar-refractivity contribution is 0.244. The van der Waals surface area contributed by atoms with E-state index in [0.29, 0.717) is 16.7 Å². The van der Waals surface area contributed by atoms with Gasteiger partial charge in [-0.1, -0.05) is 30.9 Å². The van der Waals surface area contributed by atoms with Gasteiger partial charge in [0.2, 0.25) is 0 Å². The van der Waals surface area contributed by atoms with Gasteiger partial charge in [0.1, 0.15) is 0 Å². The Morgan fingerprint density at radius 3 is 2.29 bits per heavy atom. The summed E-state index contributed by atoms with van der Waals surface area (Å²) in [6.45, 7) is 0. The van der Waals surface area contributed by atoms with Gasteiger partial charge in [-0.15, -0.1) is 10.2 Å². The third-order valence-corrected chi connectivity index (χ3v) is 4.22. The Morgan fingerprint density at radius 2 is 1.62 bits per heavy atom. The highest BCUT2D eigenvalue weighted by Gasteiger charge is 2.15. The number of halogens is 1. The maximum Gasteiger partial charge on any atom is 0.320 e. The van der Waals surface area contributed by atoms with Crippen LogP contribution in [0.2, 0.25) is 5.02 Å². The molecule has 0 unspecified atom stereocenters. The predicted molar refractivity (Wildman–Crippen MR) is 95.8 cm³/mol. The first-order chi connectivity index (χ1) is 11.7. The molecule has 2 amide bonds. The lowest BCUT2D eigenvalue weighted by Crippen LogP contribution is -2.39. The molecule has 0 bridgehead atoms. The SMILES string of the molecule is O=C(Nc1ccc(Nc2ccc(Cl)cc2)nn1)NC1CCCCC1. The number of aromatic nitrogens is 2. The normalized spacial score (nSPS) is 14.9. The Hall–Kier alpha value is -2.34. The molecule has 0 spiro atoms. The van der Waals surface area contributed by atoms with Crippen LogP contribution in [0.4, 0.5) is 22.1 Å². The third kappa shape index (κ3) is 4.83. The lowest BCUT2D eigenvalue weighted by Gasteiger charge is -2.22. The average molecular weight is 346 g/mol. The fourth-order valence-electron chi connectivity index (χ4n) is 2.73. The van der Waals surface area contributed by atoms with Gasteiger partial charge in [-0.25, -0.2) is 4.79 Å². The zero-order valence-electron chi connectivity index (χ0n) is 13.3. The van der Waals surface area contributed by atoms with Crippen LogP contribution >= 0.6 is 11.6 Å². The van der Waals surface area contributed by atoms with Crippen molar-refractivity contribution in [1.82, 2.24) is 15.5 Å². The van der Waals surface area contributed by atoms with Crippen molar-refractivity contribution in [2.45, 2.75) is 38.1 Å². The number of amides is 2. The van der Waals surface area contributed by atoms with Crippen LogP contribution in [0.1, 0.15) is 32.1 Å². The minimum atomic E-state index is -0.227. The summed E-state index contributed by atoms with van der Waals surface area (Å²) >= 11 is 5.85. The van der Waals surface area contributed by atoms with E-state index < -0.39 is 0 Å². The maximum atomic E-state index is 12.0. The molecule has 1 aliphatic rings. The summed E-state index contributed by atoms with van der Waals surface area (Å²) in [4.78, 5) is 12.0. The van der Waals surface area contributed by atoms with Crippen LogP contribution in [-0.4, -0.2) is 22.3 Å². The van der Waals surface area contributed by atoms with E-state index in [2.05, 4.69) is 26.1 Å². The second kappa shape index (κ2) is 7.97. The topological polar surface area (TPSA) is 78.9 Å². The van der Waals surface area contributed by atoms with Gasteiger partial charge >= 0.3 is 6.03 Å². The van der Waals surface area contributed by atoms with Gasteiger partial charge in [-0.3, -0.25) is 5.32 Å². The Bertz CT molecular complexity index is 668. The molecule has 126 valence electrons. The van der Waals surface area contributed by atoms with E-state index in [-0.39, 0.29) is 12.1 Å². The van der Waals surface area contributed by atoms with E-state index in [4.69, 9.17) is 11.6 Å². The van der Waals surface area contributed by atoms with Crippen LogP contribution in [-0.2, 0) is 0 Å². The Labute approximate surface area is 146 Å². The molecule has 2 aromatic rings. The highest BCUT2D eigenvalue weighted by Crippen LogP contribution is 2.19. The molecule has 1 aliphatic carbocycles. The van der Waals surface area contributed by atoms with Crippen LogP contribution in [0, 0.1) is 0 Å². The van der Waals surface area contributed by atoms with Gasteiger partial charge in [0.25, 0.3) is 0 Å². The largest absolute Gasteiger partial charge is 0.339 e. The molecule has 6 nitrogen and oxygen atoms in total. The van der Waals surface area contributed by atoms with Gasteiger partial charge in [0.05, 0.1) is 0 Å². The number of carbonyl (C=O) groups excluding carboxylic acids is 1. The molecular formula is C17H20ClN5O. The quantitative estimate of drug-likeness (QED) is 0.770. The first-order valence-electron chi connectivity index (χ1n) is 8.13. The van der Waals surface area contributed by atoms with E-state index in [0.717, 1.165) is 18.5 Å². The molecule has 7 heteroatoms. The van der Waals surface area contributed by atoms with Gasteiger partial charge in [-0.2, -0.15) is 0 Å². The van der Waals surface area contributed by atoms with Gasteiger partial charge in [0, 0.05) is 16.8 Å². The predicted octanol–water partition coefficient (Wildman–Crippen LogP) is 4.33. The molecule has 3 rings (SSSR count). The number of urea groups is 1. The molecule has 0 saturated heterocycles. The fraction of sp³-hybridized carbons (Fsp3) is 0.353. The maximum absolute atomic E-state index is 12.0. The monoisotopic (exact) mass is 345 g/mol. The zero-order chi connectivity index (χ0) is 16.8.